The number of ether oxygens (including phenoxy) is 1. The fourth-order valence-corrected chi connectivity index (χ4v) is 1.96. The minimum atomic E-state index is -0.499. The Hall–Kier alpha value is -1.32. The molecule has 0 aromatic rings. The van der Waals surface area contributed by atoms with Gasteiger partial charge in [-0.15, -0.1) is 0 Å². The molecule has 1 amide bonds. The van der Waals surface area contributed by atoms with Gasteiger partial charge in [-0.2, -0.15) is 0 Å². The second-order valence-electron chi connectivity index (χ2n) is 5.58. The number of ketones is 1. The second-order valence-corrected chi connectivity index (χ2v) is 5.58. The molecule has 2 unspecified atom stereocenters. The minimum Gasteiger partial charge on any atom is -0.444 e. The summed E-state index contributed by atoms with van der Waals surface area (Å²) in [5.74, 6) is 0.0246. The first kappa shape index (κ1) is 13.7. The van der Waals surface area contributed by atoms with Gasteiger partial charge in [0.1, 0.15) is 5.60 Å². The van der Waals surface area contributed by atoms with Crippen LogP contribution in [0.5, 0.6) is 0 Å². The zero-order chi connectivity index (χ0) is 13.2. The number of amides is 1. The van der Waals surface area contributed by atoms with E-state index in [9.17, 15) is 9.59 Å². The third-order valence-electron chi connectivity index (χ3n) is 2.83. The number of carbonyl (C=O) groups excluding carboxylic acids is 2. The Morgan fingerprint density at radius 2 is 1.94 bits per heavy atom. The Kier molecular flexibility index (Phi) is 3.96. The molecule has 0 spiro atoms. The summed E-state index contributed by atoms with van der Waals surface area (Å²) in [7, 11) is 0. The van der Waals surface area contributed by atoms with Crippen LogP contribution in [-0.4, -0.2) is 35.5 Å². The second kappa shape index (κ2) is 4.90. The van der Waals surface area contributed by atoms with Crippen molar-refractivity contribution in [3.63, 3.8) is 0 Å². The molecule has 0 aromatic carbocycles. The molecule has 96 valence electrons. The molecule has 0 bridgehead atoms. The first-order valence-electron chi connectivity index (χ1n) is 5.89. The predicted molar refractivity (Wildman–Crippen MR) is 65.7 cm³/mol. The van der Waals surface area contributed by atoms with Crippen LogP contribution in [0.3, 0.4) is 0 Å². The van der Waals surface area contributed by atoms with Crippen LogP contribution in [-0.2, 0) is 9.53 Å². The minimum absolute atomic E-state index is 0.00330. The third-order valence-corrected chi connectivity index (χ3v) is 2.83. The third kappa shape index (κ3) is 3.58. The molecular formula is C13H21NO3. The maximum atomic E-state index is 11.8. The summed E-state index contributed by atoms with van der Waals surface area (Å²) in [5.41, 5.74) is -0.499. The van der Waals surface area contributed by atoms with E-state index in [2.05, 4.69) is 6.58 Å². The van der Waals surface area contributed by atoms with E-state index < -0.39 is 5.60 Å². The molecule has 0 saturated carbocycles. The van der Waals surface area contributed by atoms with E-state index in [1.165, 1.54) is 6.08 Å². The Morgan fingerprint density at radius 1 is 1.35 bits per heavy atom. The van der Waals surface area contributed by atoms with Crippen LogP contribution in [0.4, 0.5) is 4.79 Å². The normalized spacial score (nSPS) is 24.6. The van der Waals surface area contributed by atoms with Crippen molar-refractivity contribution in [3.8, 4) is 0 Å². The van der Waals surface area contributed by atoms with E-state index in [1.54, 1.807) is 4.90 Å². The Morgan fingerprint density at radius 3 is 2.41 bits per heavy atom. The molecule has 0 radical (unpaired) electrons. The zero-order valence-corrected chi connectivity index (χ0v) is 11.0. The van der Waals surface area contributed by atoms with Gasteiger partial charge in [-0.1, -0.05) is 13.5 Å². The Bertz CT molecular complexity index is 330. The Labute approximate surface area is 103 Å². The first-order chi connectivity index (χ1) is 7.74. The Balaban J connectivity index is 2.63. The highest BCUT2D eigenvalue weighted by atomic mass is 16.6. The molecule has 1 heterocycles. The van der Waals surface area contributed by atoms with Crippen molar-refractivity contribution in [2.45, 2.75) is 33.3 Å². The van der Waals surface area contributed by atoms with E-state index in [1.807, 2.05) is 27.7 Å². The van der Waals surface area contributed by atoms with Gasteiger partial charge in [0.2, 0.25) is 0 Å². The van der Waals surface area contributed by atoms with Gasteiger partial charge < -0.3 is 9.64 Å². The summed E-state index contributed by atoms with van der Waals surface area (Å²) in [4.78, 5) is 25.0. The van der Waals surface area contributed by atoms with Gasteiger partial charge in [0, 0.05) is 19.0 Å². The number of hydrogen-bond donors (Lipinski definition) is 0. The van der Waals surface area contributed by atoms with Crippen molar-refractivity contribution in [1.82, 2.24) is 4.90 Å². The molecule has 17 heavy (non-hydrogen) atoms. The van der Waals surface area contributed by atoms with Gasteiger partial charge in [-0.25, -0.2) is 4.79 Å². The van der Waals surface area contributed by atoms with E-state index in [4.69, 9.17) is 4.74 Å². The first-order valence-corrected chi connectivity index (χ1v) is 5.89. The van der Waals surface area contributed by atoms with Gasteiger partial charge in [0.05, 0.1) is 0 Å². The fraction of sp³-hybridized carbons (Fsp3) is 0.692. The highest BCUT2D eigenvalue weighted by Gasteiger charge is 2.37. The molecule has 1 fully saturated rings. The summed E-state index contributed by atoms with van der Waals surface area (Å²) in [6, 6.07) is 0. The summed E-state index contributed by atoms with van der Waals surface area (Å²) in [5, 5.41) is 0. The molecule has 1 aliphatic rings. The van der Waals surface area contributed by atoms with E-state index in [0.717, 1.165) is 0 Å². The van der Waals surface area contributed by atoms with Crippen molar-refractivity contribution < 1.29 is 14.3 Å². The number of carbonyl (C=O) groups is 2. The van der Waals surface area contributed by atoms with Crippen LogP contribution >= 0.6 is 0 Å². The average molecular weight is 239 g/mol. The molecule has 4 heteroatoms. The van der Waals surface area contributed by atoms with Gasteiger partial charge >= 0.3 is 6.09 Å². The molecule has 0 N–H and O–H groups in total. The number of hydrogen-bond acceptors (Lipinski definition) is 3. The number of rotatable bonds is 2. The molecule has 1 saturated heterocycles. The number of nitrogens with zero attached hydrogens (tertiary/aromatic N) is 1. The van der Waals surface area contributed by atoms with Gasteiger partial charge in [0.25, 0.3) is 0 Å². The van der Waals surface area contributed by atoms with E-state index >= 15 is 0 Å². The largest absolute Gasteiger partial charge is 0.444 e. The smallest absolute Gasteiger partial charge is 0.410 e. The van der Waals surface area contributed by atoms with Crippen molar-refractivity contribution in [1.29, 1.82) is 0 Å². The topological polar surface area (TPSA) is 46.6 Å². The van der Waals surface area contributed by atoms with Crippen molar-refractivity contribution in [2.24, 2.45) is 11.8 Å². The van der Waals surface area contributed by atoms with Gasteiger partial charge in [-0.05, 0) is 32.8 Å². The lowest BCUT2D eigenvalue weighted by Gasteiger charge is -2.24. The van der Waals surface area contributed by atoms with Crippen LogP contribution in [0.2, 0.25) is 0 Å². The van der Waals surface area contributed by atoms with Crippen molar-refractivity contribution in [3.05, 3.63) is 12.7 Å². The van der Waals surface area contributed by atoms with Crippen molar-refractivity contribution in [2.75, 3.05) is 13.1 Å². The van der Waals surface area contributed by atoms with Gasteiger partial charge in [0.15, 0.2) is 5.78 Å². The maximum Gasteiger partial charge on any atom is 0.410 e. The van der Waals surface area contributed by atoms with Gasteiger partial charge in [-0.3, -0.25) is 4.79 Å². The SMILES string of the molecule is C=CC(=O)C1CN(C(=O)OC(C)(C)C)CC1C. The molecular weight excluding hydrogens is 218 g/mol. The zero-order valence-electron chi connectivity index (χ0n) is 11.0. The fourth-order valence-electron chi connectivity index (χ4n) is 1.96. The monoisotopic (exact) mass is 239 g/mol. The number of allylic oxidation sites excluding steroid dienone is 1. The quantitative estimate of drug-likeness (QED) is 0.694. The average Bonchev–Trinajstić information content (AvgIpc) is 2.57. The molecule has 1 rings (SSSR count). The maximum absolute atomic E-state index is 11.8. The lowest BCUT2D eigenvalue weighted by atomic mass is 9.94. The molecule has 0 aromatic heterocycles. The van der Waals surface area contributed by atoms with Crippen LogP contribution in [0.1, 0.15) is 27.7 Å². The summed E-state index contributed by atoms with van der Waals surface area (Å²) in [6.07, 6.45) is 0.989. The van der Waals surface area contributed by atoms with E-state index in [-0.39, 0.29) is 23.7 Å². The lowest BCUT2D eigenvalue weighted by Crippen LogP contribution is -2.35. The highest BCUT2D eigenvalue weighted by molar-refractivity contribution is 5.92. The molecule has 4 nitrogen and oxygen atoms in total. The predicted octanol–water partition coefficient (Wildman–Crippen LogP) is 2.24. The standard InChI is InChI=1S/C13H21NO3/c1-6-11(15)10-8-14(7-9(10)2)12(16)17-13(3,4)5/h6,9-10H,1,7-8H2,2-5H3. The lowest BCUT2D eigenvalue weighted by molar-refractivity contribution is -0.118. The molecule has 0 aliphatic carbocycles. The summed E-state index contributed by atoms with van der Waals surface area (Å²) >= 11 is 0. The summed E-state index contributed by atoms with van der Waals surface area (Å²) < 4.78 is 5.28. The van der Waals surface area contributed by atoms with Crippen molar-refractivity contribution >= 4 is 11.9 Å². The molecule has 1 aliphatic heterocycles. The van der Waals surface area contributed by atoms with Crippen LogP contribution < -0.4 is 0 Å². The van der Waals surface area contributed by atoms with Crippen LogP contribution in [0, 0.1) is 11.8 Å². The van der Waals surface area contributed by atoms with Crippen LogP contribution in [0.15, 0.2) is 12.7 Å². The highest BCUT2D eigenvalue weighted by Crippen LogP contribution is 2.25. The van der Waals surface area contributed by atoms with E-state index in [0.29, 0.717) is 13.1 Å². The van der Waals surface area contributed by atoms with Crippen LogP contribution in [0.25, 0.3) is 0 Å². The summed E-state index contributed by atoms with van der Waals surface area (Å²) in [6.45, 7) is 11.9. The number of likely N-dealkylation sites (tertiary alicyclic amines) is 1. The molecule has 2 atom stereocenters.